The molecule has 0 radical (unpaired) electrons. The Bertz CT molecular complexity index is 421. The number of nitrogens with zero attached hydrogens (tertiary/aromatic N) is 1. The van der Waals surface area contributed by atoms with Crippen molar-refractivity contribution in [2.45, 2.75) is 45.7 Å². The predicted octanol–water partition coefficient (Wildman–Crippen LogP) is 2.93. The highest BCUT2D eigenvalue weighted by Gasteiger charge is 2.30. The van der Waals surface area contributed by atoms with Crippen LogP contribution in [0.2, 0.25) is 0 Å². The number of hydrogen-bond donors (Lipinski definition) is 1. The van der Waals surface area contributed by atoms with E-state index in [1.54, 1.807) is 0 Å². The highest BCUT2D eigenvalue weighted by atomic mass is 16.4. The van der Waals surface area contributed by atoms with Crippen LogP contribution in [0.5, 0.6) is 0 Å². The van der Waals surface area contributed by atoms with Gasteiger partial charge in [-0.25, -0.2) is 0 Å². The molecule has 3 heteroatoms. The fourth-order valence-electron chi connectivity index (χ4n) is 2.41. The molecule has 19 heavy (non-hydrogen) atoms. The summed E-state index contributed by atoms with van der Waals surface area (Å²) in [5, 5.41) is 8.94. The third-order valence-corrected chi connectivity index (χ3v) is 3.45. The third-order valence-electron chi connectivity index (χ3n) is 3.45. The maximum Gasteiger partial charge on any atom is 0.317 e. The number of aliphatic carboxylic acids is 1. The van der Waals surface area contributed by atoms with E-state index in [0.29, 0.717) is 12.0 Å². The summed E-state index contributed by atoms with van der Waals surface area (Å²) in [5.74, 6) is -0.0656. The molecule has 1 aliphatic carbocycles. The van der Waals surface area contributed by atoms with Crippen LogP contribution in [0.1, 0.15) is 37.8 Å². The SMILES string of the molecule is CC(C)Cc1ccc(CN(CC(=O)O)C2CC2)cc1. The lowest BCUT2D eigenvalue weighted by atomic mass is 10.0. The van der Waals surface area contributed by atoms with Crippen molar-refractivity contribution < 1.29 is 9.90 Å². The van der Waals surface area contributed by atoms with E-state index >= 15 is 0 Å². The Balaban J connectivity index is 1.95. The van der Waals surface area contributed by atoms with Gasteiger partial charge in [-0.3, -0.25) is 9.69 Å². The Labute approximate surface area is 115 Å². The van der Waals surface area contributed by atoms with Crippen LogP contribution in [0.15, 0.2) is 24.3 Å². The van der Waals surface area contributed by atoms with Crippen molar-refractivity contribution in [1.82, 2.24) is 4.90 Å². The average molecular weight is 261 g/mol. The molecule has 0 atom stereocenters. The molecular weight excluding hydrogens is 238 g/mol. The average Bonchev–Trinajstić information content (AvgIpc) is 3.13. The molecule has 0 bridgehead atoms. The van der Waals surface area contributed by atoms with Crippen LogP contribution < -0.4 is 0 Å². The van der Waals surface area contributed by atoms with Crippen molar-refractivity contribution in [3.63, 3.8) is 0 Å². The summed E-state index contributed by atoms with van der Waals surface area (Å²) >= 11 is 0. The molecule has 1 aliphatic rings. The first-order valence-electron chi connectivity index (χ1n) is 7.08. The first-order chi connectivity index (χ1) is 9.04. The minimum Gasteiger partial charge on any atom is -0.480 e. The lowest BCUT2D eigenvalue weighted by molar-refractivity contribution is -0.138. The Morgan fingerprint density at radius 2 is 1.84 bits per heavy atom. The highest BCUT2D eigenvalue weighted by molar-refractivity contribution is 5.69. The van der Waals surface area contributed by atoms with E-state index in [1.807, 2.05) is 0 Å². The fraction of sp³-hybridized carbons (Fsp3) is 0.562. The van der Waals surface area contributed by atoms with Crippen molar-refractivity contribution in [1.29, 1.82) is 0 Å². The molecule has 2 rings (SSSR count). The van der Waals surface area contributed by atoms with Crippen LogP contribution in [0.4, 0.5) is 0 Å². The molecule has 104 valence electrons. The molecule has 1 N–H and O–H groups in total. The summed E-state index contributed by atoms with van der Waals surface area (Å²) in [7, 11) is 0. The van der Waals surface area contributed by atoms with Crippen molar-refractivity contribution in [2.75, 3.05) is 6.54 Å². The van der Waals surface area contributed by atoms with Crippen LogP contribution in [0, 0.1) is 5.92 Å². The number of hydrogen-bond acceptors (Lipinski definition) is 2. The van der Waals surface area contributed by atoms with Crippen LogP contribution in [-0.2, 0) is 17.8 Å². The molecule has 1 fully saturated rings. The Kier molecular flexibility index (Phi) is 4.59. The van der Waals surface area contributed by atoms with Crippen LogP contribution in [0.3, 0.4) is 0 Å². The van der Waals surface area contributed by atoms with Crippen molar-refractivity contribution in [2.24, 2.45) is 5.92 Å². The number of carboxylic acids is 1. The van der Waals surface area contributed by atoms with Gasteiger partial charge in [0, 0.05) is 12.6 Å². The standard InChI is InChI=1S/C16H23NO2/c1-12(2)9-13-3-5-14(6-4-13)10-17(11-16(18)19)15-7-8-15/h3-6,12,15H,7-11H2,1-2H3,(H,18,19). The lowest BCUT2D eigenvalue weighted by Gasteiger charge is -2.19. The highest BCUT2D eigenvalue weighted by Crippen LogP contribution is 2.28. The second-order valence-corrected chi connectivity index (χ2v) is 5.94. The zero-order valence-corrected chi connectivity index (χ0v) is 11.8. The van der Waals surface area contributed by atoms with Gasteiger partial charge in [-0.15, -0.1) is 0 Å². The summed E-state index contributed by atoms with van der Waals surface area (Å²) in [5.41, 5.74) is 2.57. The van der Waals surface area contributed by atoms with Gasteiger partial charge in [-0.2, -0.15) is 0 Å². The summed E-state index contributed by atoms with van der Waals surface area (Å²) in [4.78, 5) is 12.9. The van der Waals surface area contributed by atoms with Gasteiger partial charge in [0.2, 0.25) is 0 Å². The Morgan fingerprint density at radius 1 is 1.26 bits per heavy atom. The molecule has 0 heterocycles. The van der Waals surface area contributed by atoms with E-state index in [2.05, 4.69) is 43.0 Å². The zero-order valence-electron chi connectivity index (χ0n) is 11.8. The van der Waals surface area contributed by atoms with E-state index in [0.717, 1.165) is 25.8 Å². The minimum absolute atomic E-state index is 0.151. The monoisotopic (exact) mass is 261 g/mol. The Hall–Kier alpha value is -1.35. The molecule has 0 aromatic heterocycles. The van der Waals surface area contributed by atoms with Gasteiger partial charge in [-0.1, -0.05) is 38.1 Å². The Morgan fingerprint density at radius 3 is 2.32 bits per heavy atom. The number of benzene rings is 1. The lowest BCUT2D eigenvalue weighted by Crippen LogP contribution is -2.31. The maximum absolute atomic E-state index is 10.9. The molecule has 0 saturated heterocycles. The topological polar surface area (TPSA) is 40.5 Å². The summed E-state index contributed by atoms with van der Waals surface area (Å²) in [6.45, 7) is 5.34. The summed E-state index contributed by atoms with van der Waals surface area (Å²) < 4.78 is 0. The molecule has 1 saturated carbocycles. The number of rotatable bonds is 7. The fourth-order valence-corrected chi connectivity index (χ4v) is 2.41. The van der Waals surface area contributed by atoms with E-state index in [1.165, 1.54) is 11.1 Å². The first kappa shape index (κ1) is 14.1. The van der Waals surface area contributed by atoms with Gasteiger partial charge in [0.1, 0.15) is 0 Å². The molecule has 0 amide bonds. The molecule has 0 spiro atoms. The normalized spacial score (nSPS) is 15.2. The molecular formula is C16H23NO2. The van der Waals surface area contributed by atoms with E-state index in [9.17, 15) is 4.79 Å². The molecule has 0 unspecified atom stereocenters. The molecule has 1 aromatic carbocycles. The molecule has 0 aliphatic heterocycles. The van der Waals surface area contributed by atoms with Crippen LogP contribution >= 0.6 is 0 Å². The maximum atomic E-state index is 10.9. The van der Waals surface area contributed by atoms with Gasteiger partial charge >= 0.3 is 5.97 Å². The van der Waals surface area contributed by atoms with Gasteiger partial charge in [0.15, 0.2) is 0 Å². The van der Waals surface area contributed by atoms with Crippen molar-refractivity contribution in [3.8, 4) is 0 Å². The van der Waals surface area contributed by atoms with Gasteiger partial charge in [-0.05, 0) is 36.3 Å². The van der Waals surface area contributed by atoms with E-state index in [-0.39, 0.29) is 6.54 Å². The smallest absolute Gasteiger partial charge is 0.317 e. The second kappa shape index (κ2) is 6.20. The van der Waals surface area contributed by atoms with Gasteiger partial charge in [0.25, 0.3) is 0 Å². The molecule has 3 nitrogen and oxygen atoms in total. The van der Waals surface area contributed by atoms with Crippen molar-refractivity contribution >= 4 is 5.97 Å². The van der Waals surface area contributed by atoms with Gasteiger partial charge in [0.05, 0.1) is 6.54 Å². The van der Waals surface area contributed by atoms with Crippen LogP contribution in [-0.4, -0.2) is 28.6 Å². The van der Waals surface area contributed by atoms with Gasteiger partial charge < -0.3 is 5.11 Å². The minimum atomic E-state index is -0.733. The van der Waals surface area contributed by atoms with E-state index in [4.69, 9.17) is 5.11 Å². The summed E-state index contributed by atoms with van der Waals surface area (Å²) in [6.07, 6.45) is 3.37. The zero-order chi connectivity index (χ0) is 13.8. The predicted molar refractivity (Wildman–Crippen MR) is 76.1 cm³/mol. The summed E-state index contributed by atoms with van der Waals surface area (Å²) in [6, 6.07) is 9.08. The van der Waals surface area contributed by atoms with E-state index < -0.39 is 5.97 Å². The number of carbonyl (C=O) groups is 1. The number of carboxylic acid groups (broad SMARTS) is 1. The van der Waals surface area contributed by atoms with Crippen LogP contribution in [0.25, 0.3) is 0 Å². The second-order valence-electron chi connectivity index (χ2n) is 5.94. The first-order valence-corrected chi connectivity index (χ1v) is 7.08. The third kappa shape index (κ3) is 4.67. The largest absolute Gasteiger partial charge is 0.480 e. The molecule has 1 aromatic rings. The quantitative estimate of drug-likeness (QED) is 0.820. The van der Waals surface area contributed by atoms with Crippen molar-refractivity contribution in [3.05, 3.63) is 35.4 Å².